The number of ether oxygens (including phenoxy) is 1. The van der Waals surface area contributed by atoms with Gasteiger partial charge < -0.3 is 15.0 Å². The monoisotopic (exact) mass is 280 g/mol. The fraction of sp³-hybridized carbons (Fsp3) is 0.125. The van der Waals surface area contributed by atoms with Gasteiger partial charge in [0.15, 0.2) is 0 Å². The maximum Gasteiger partial charge on any atom is 0.220 e. The standard InChI is InChI=1S/C16H16N4O/c1-12(13-8-9-18-16(17)19-13)21-15-7-3-2-6-14(15)20-10-4-5-11-20/h2-12H,1H3,(H2,17,18,19). The Morgan fingerprint density at radius 2 is 1.86 bits per heavy atom. The van der Waals surface area contributed by atoms with E-state index in [1.165, 1.54) is 0 Å². The topological polar surface area (TPSA) is 66.0 Å². The van der Waals surface area contributed by atoms with Crippen molar-refractivity contribution < 1.29 is 4.74 Å². The third-order valence-corrected chi connectivity index (χ3v) is 3.16. The smallest absolute Gasteiger partial charge is 0.220 e. The molecule has 5 heteroatoms. The van der Waals surface area contributed by atoms with E-state index in [0.717, 1.165) is 17.1 Å². The first-order valence-corrected chi connectivity index (χ1v) is 6.71. The van der Waals surface area contributed by atoms with E-state index in [1.54, 1.807) is 12.3 Å². The Balaban J connectivity index is 1.88. The van der Waals surface area contributed by atoms with Crippen molar-refractivity contribution >= 4 is 5.95 Å². The zero-order valence-electron chi connectivity index (χ0n) is 11.7. The van der Waals surface area contributed by atoms with Crippen molar-refractivity contribution in [1.82, 2.24) is 14.5 Å². The maximum absolute atomic E-state index is 6.04. The summed E-state index contributed by atoms with van der Waals surface area (Å²) in [5.41, 5.74) is 7.35. The van der Waals surface area contributed by atoms with E-state index >= 15 is 0 Å². The van der Waals surface area contributed by atoms with E-state index in [0.29, 0.717) is 0 Å². The summed E-state index contributed by atoms with van der Waals surface area (Å²) in [4.78, 5) is 8.09. The lowest BCUT2D eigenvalue weighted by Crippen LogP contribution is -2.09. The predicted molar refractivity (Wildman–Crippen MR) is 81.3 cm³/mol. The molecule has 2 heterocycles. The second-order valence-electron chi connectivity index (χ2n) is 4.66. The zero-order chi connectivity index (χ0) is 14.7. The van der Waals surface area contributed by atoms with Crippen LogP contribution < -0.4 is 10.5 Å². The minimum Gasteiger partial charge on any atom is -0.482 e. The lowest BCUT2D eigenvalue weighted by molar-refractivity contribution is 0.221. The molecule has 0 saturated heterocycles. The number of hydrogen-bond donors (Lipinski definition) is 1. The Kier molecular flexibility index (Phi) is 3.55. The third kappa shape index (κ3) is 2.86. The van der Waals surface area contributed by atoms with Crippen LogP contribution in [0.15, 0.2) is 61.1 Å². The number of para-hydroxylation sites is 2. The summed E-state index contributed by atoms with van der Waals surface area (Å²) in [6, 6.07) is 13.6. The normalized spacial score (nSPS) is 12.0. The molecule has 0 saturated carbocycles. The molecule has 2 N–H and O–H groups in total. The summed E-state index contributed by atoms with van der Waals surface area (Å²) in [7, 11) is 0. The van der Waals surface area contributed by atoms with E-state index in [1.807, 2.05) is 60.3 Å². The van der Waals surface area contributed by atoms with E-state index < -0.39 is 0 Å². The van der Waals surface area contributed by atoms with Crippen LogP contribution in [-0.4, -0.2) is 14.5 Å². The van der Waals surface area contributed by atoms with Crippen molar-refractivity contribution in [3.8, 4) is 11.4 Å². The Hall–Kier alpha value is -2.82. The number of hydrogen-bond acceptors (Lipinski definition) is 4. The second kappa shape index (κ2) is 5.66. The van der Waals surface area contributed by atoms with Gasteiger partial charge in [0.1, 0.15) is 11.9 Å². The van der Waals surface area contributed by atoms with Gasteiger partial charge in [0.2, 0.25) is 5.95 Å². The van der Waals surface area contributed by atoms with Crippen LogP contribution in [-0.2, 0) is 0 Å². The fourth-order valence-electron chi connectivity index (χ4n) is 2.13. The first kappa shape index (κ1) is 13.2. The number of aromatic nitrogens is 3. The quantitative estimate of drug-likeness (QED) is 0.798. The molecular weight excluding hydrogens is 264 g/mol. The van der Waals surface area contributed by atoms with Gasteiger partial charge in [0, 0.05) is 18.6 Å². The van der Waals surface area contributed by atoms with Crippen molar-refractivity contribution in [3.05, 3.63) is 66.7 Å². The van der Waals surface area contributed by atoms with Crippen molar-refractivity contribution in [2.75, 3.05) is 5.73 Å². The van der Waals surface area contributed by atoms with Crippen LogP contribution in [0.2, 0.25) is 0 Å². The van der Waals surface area contributed by atoms with E-state index in [2.05, 4.69) is 9.97 Å². The van der Waals surface area contributed by atoms with Crippen LogP contribution in [0.1, 0.15) is 18.7 Å². The van der Waals surface area contributed by atoms with Gasteiger partial charge in [-0.25, -0.2) is 9.97 Å². The minimum absolute atomic E-state index is 0.216. The summed E-state index contributed by atoms with van der Waals surface area (Å²) >= 11 is 0. The summed E-state index contributed by atoms with van der Waals surface area (Å²) < 4.78 is 8.05. The highest BCUT2D eigenvalue weighted by atomic mass is 16.5. The van der Waals surface area contributed by atoms with Crippen LogP contribution in [0.3, 0.4) is 0 Å². The average molecular weight is 280 g/mol. The molecule has 3 aromatic rings. The van der Waals surface area contributed by atoms with Gasteiger partial charge in [-0.3, -0.25) is 0 Å². The van der Waals surface area contributed by atoms with Gasteiger partial charge in [0.05, 0.1) is 11.4 Å². The molecule has 1 atom stereocenters. The number of nitrogen functional groups attached to an aromatic ring is 1. The van der Waals surface area contributed by atoms with Crippen LogP contribution in [0, 0.1) is 0 Å². The average Bonchev–Trinajstić information content (AvgIpc) is 3.02. The summed E-state index contributed by atoms with van der Waals surface area (Å²) in [6.07, 6.45) is 5.38. The lowest BCUT2D eigenvalue weighted by atomic mass is 10.2. The molecule has 0 aliphatic heterocycles. The van der Waals surface area contributed by atoms with Crippen molar-refractivity contribution in [2.45, 2.75) is 13.0 Å². The van der Waals surface area contributed by atoms with Gasteiger partial charge in [-0.1, -0.05) is 12.1 Å². The van der Waals surface area contributed by atoms with Gasteiger partial charge in [-0.2, -0.15) is 0 Å². The Morgan fingerprint density at radius 3 is 2.62 bits per heavy atom. The summed E-state index contributed by atoms with van der Waals surface area (Å²) in [5, 5.41) is 0. The SMILES string of the molecule is CC(Oc1ccccc1-n1cccc1)c1ccnc(N)n1. The van der Waals surface area contributed by atoms with Gasteiger partial charge >= 0.3 is 0 Å². The predicted octanol–water partition coefficient (Wildman–Crippen LogP) is 2.99. The van der Waals surface area contributed by atoms with Crippen molar-refractivity contribution in [2.24, 2.45) is 0 Å². The van der Waals surface area contributed by atoms with Crippen molar-refractivity contribution in [3.63, 3.8) is 0 Å². The summed E-state index contributed by atoms with van der Waals surface area (Å²) in [5.74, 6) is 1.04. The van der Waals surface area contributed by atoms with E-state index in [4.69, 9.17) is 10.5 Å². The molecule has 0 spiro atoms. The van der Waals surface area contributed by atoms with Gasteiger partial charge in [-0.05, 0) is 37.3 Å². The van der Waals surface area contributed by atoms with E-state index in [9.17, 15) is 0 Å². The van der Waals surface area contributed by atoms with Gasteiger partial charge in [-0.15, -0.1) is 0 Å². The number of benzene rings is 1. The highest BCUT2D eigenvalue weighted by Gasteiger charge is 2.12. The molecule has 5 nitrogen and oxygen atoms in total. The zero-order valence-corrected chi connectivity index (χ0v) is 11.7. The molecule has 0 radical (unpaired) electrons. The molecule has 106 valence electrons. The largest absolute Gasteiger partial charge is 0.482 e. The Labute approximate surface area is 123 Å². The highest BCUT2D eigenvalue weighted by molar-refractivity contribution is 5.47. The lowest BCUT2D eigenvalue weighted by Gasteiger charge is -2.17. The molecule has 1 unspecified atom stereocenters. The minimum atomic E-state index is -0.216. The van der Waals surface area contributed by atoms with Crippen LogP contribution in [0.25, 0.3) is 5.69 Å². The van der Waals surface area contributed by atoms with E-state index in [-0.39, 0.29) is 12.1 Å². The molecule has 0 aliphatic carbocycles. The van der Waals surface area contributed by atoms with Crippen LogP contribution in [0.5, 0.6) is 5.75 Å². The number of anilines is 1. The molecule has 0 bridgehead atoms. The number of nitrogens with two attached hydrogens (primary N) is 1. The third-order valence-electron chi connectivity index (χ3n) is 3.16. The first-order chi connectivity index (χ1) is 10.2. The Morgan fingerprint density at radius 1 is 1.10 bits per heavy atom. The Bertz CT molecular complexity index is 725. The molecule has 21 heavy (non-hydrogen) atoms. The van der Waals surface area contributed by atoms with Crippen LogP contribution >= 0.6 is 0 Å². The van der Waals surface area contributed by atoms with Gasteiger partial charge in [0.25, 0.3) is 0 Å². The molecule has 0 amide bonds. The fourth-order valence-corrected chi connectivity index (χ4v) is 2.13. The highest BCUT2D eigenvalue weighted by Crippen LogP contribution is 2.27. The number of rotatable bonds is 4. The first-order valence-electron chi connectivity index (χ1n) is 6.71. The molecular formula is C16H16N4O. The second-order valence-corrected chi connectivity index (χ2v) is 4.66. The molecule has 1 aromatic carbocycles. The van der Waals surface area contributed by atoms with Crippen molar-refractivity contribution in [1.29, 1.82) is 0 Å². The molecule has 3 rings (SSSR count). The molecule has 0 aliphatic rings. The maximum atomic E-state index is 6.04. The van der Waals surface area contributed by atoms with Crippen LogP contribution in [0.4, 0.5) is 5.95 Å². The number of nitrogens with zero attached hydrogens (tertiary/aromatic N) is 3. The molecule has 0 fully saturated rings. The molecule has 2 aromatic heterocycles. The summed E-state index contributed by atoms with van der Waals surface area (Å²) in [6.45, 7) is 1.94.